The number of aromatic nitrogens is 2. The van der Waals surface area contributed by atoms with Crippen molar-refractivity contribution in [3.05, 3.63) is 12.4 Å². The molecule has 21 heavy (non-hydrogen) atoms. The van der Waals surface area contributed by atoms with E-state index in [9.17, 15) is 8.42 Å². The molecule has 1 aliphatic rings. The fourth-order valence-electron chi connectivity index (χ4n) is 2.94. The molecule has 7 heteroatoms. The average molecular weight is 314 g/mol. The Balaban J connectivity index is 1.99. The first-order valence-electron chi connectivity index (χ1n) is 7.68. The number of hydrogen-bond donors (Lipinski definition) is 2. The van der Waals surface area contributed by atoms with Crippen LogP contribution in [0, 0.1) is 5.41 Å². The molecule has 0 amide bonds. The third kappa shape index (κ3) is 4.05. The van der Waals surface area contributed by atoms with Crippen LogP contribution in [0.3, 0.4) is 0 Å². The van der Waals surface area contributed by atoms with Gasteiger partial charge in [0.15, 0.2) is 0 Å². The molecule has 0 atom stereocenters. The second kappa shape index (κ2) is 6.89. The van der Waals surface area contributed by atoms with Gasteiger partial charge in [-0.25, -0.2) is 13.1 Å². The van der Waals surface area contributed by atoms with Crippen LogP contribution in [0.4, 0.5) is 0 Å². The lowest BCUT2D eigenvalue weighted by Gasteiger charge is -2.27. The van der Waals surface area contributed by atoms with Crippen LogP contribution in [-0.2, 0) is 16.6 Å². The minimum Gasteiger partial charge on any atom is -0.318 e. The maximum absolute atomic E-state index is 12.4. The summed E-state index contributed by atoms with van der Waals surface area (Å²) in [5, 5.41) is 7.11. The van der Waals surface area contributed by atoms with E-state index in [1.165, 1.54) is 19.0 Å². The molecule has 1 fully saturated rings. The lowest BCUT2D eigenvalue weighted by molar-refractivity contribution is 0.285. The van der Waals surface area contributed by atoms with Gasteiger partial charge in [-0.05, 0) is 31.7 Å². The first-order valence-corrected chi connectivity index (χ1v) is 9.16. The second-order valence-electron chi connectivity index (χ2n) is 5.93. The van der Waals surface area contributed by atoms with Crippen LogP contribution in [0.25, 0.3) is 0 Å². The van der Waals surface area contributed by atoms with Gasteiger partial charge in [-0.15, -0.1) is 0 Å². The van der Waals surface area contributed by atoms with E-state index in [1.54, 1.807) is 10.9 Å². The van der Waals surface area contributed by atoms with E-state index in [0.717, 1.165) is 25.8 Å². The van der Waals surface area contributed by atoms with Gasteiger partial charge in [0.1, 0.15) is 4.90 Å². The third-order valence-electron chi connectivity index (χ3n) is 4.56. The molecule has 1 saturated carbocycles. The van der Waals surface area contributed by atoms with Crippen molar-refractivity contribution in [1.29, 1.82) is 0 Å². The highest BCUT2D eigenvalue weighted by Crippen LogP contribution is 2.40. The van der Waals surface area contributed by atoms with Crippen molar-refractivity contribution in [3.63, 3.8) is 0 Å². The van der Waals surface area contributed by atoms with Crippen molar-refractivity contribution in [3.8, 4) is 0 Å². The van der Waals surface area contributed by atoms with E-state index < -0.39 is 10.0 Å². The van der Waals surface area contributed by atoms with Crippen LogP contribution in [0.1, 0.15) is 39.0 Å². The van der Waals surface area contributed by atoms with Gasteiger partial charge < -0.3 is 5.32 Å². The Morgan fingerprint density at radius 1 is 1.38 bits per heavy atom. The molecule has 0 spiro atoms. The van der Waals surface area contributed by atoms with E-state index in [2.05, 4.69) is 22.1 Å². The van der Waals surface area contributed by atoms with Crippen molar-refractivity contribution < 1.29 is 8.42 Å². The Bertz CT molecular complexity index is 547. The lowest BCUT2D eigenvalue weighted by atomic mass is 9.84. The van der Waals surface area contributed by atoms with Gasteiger partial charge in [-0.2, -0.15) is 5.10 Å². The highest BCUT2D eigenvalue weighted by atomic mass is 32.2. The Labute approximate surface area is 127 Å². The Hall–Kier alpha value is -0.920. The SMILES string of the molecule is CCC1(CNS(=O)(=O)c2cnn(CCNC)c2)CCCC1. The molecule has 0 saturated heterocycles. The van der Waals surface area contributed by atoms with Crippen LogP contribution in [0.15, 0.2) is 17.3 Å². The maximum atomic E-state index is 12.4. The average Bonchev–Trinajstić information content (AvgIpc) is 3.13. The molecule has 0 bridgehead atoms. The summed E-state index contributed by atoms with van der Waals surface area (Å²) in [6.45, 7) is 4.10. The van der Waals surface area contributed by atoms with E-state index in [4.69, 9.17) is 0 Å². The summed E-state index contributed by atoms with van der Waals surface area (Å²) in [6, 6.07) is 0. The van der Waals surface area contributed by atoms with Gasteiger partial charge in [0.05, 0.1) is 12.7 Å². The maximum Gasteiger partial charge on any atom is 0.243 e. The summed E-state index contributed by atoms with van der Waals surface area (Å²) < 4.78 is 29.1. The van der Waals surface area contributed by atoms with E-state index in [0.29, 0.717) is 13.1 Å². The summed E-state index contributed by atoms with van der Waals surface area (Å²) in [6.07, 6.45) is 8.69. The van der Waals surface area contributed by atoms with Gasteiger partial charge >= 0.3 is 0 Å². The van der Waals surface area contributed by atoms with Crippen molar-refractivity contribution in [2.24, 2.45) is 5.41 Å². The molecule has 0 radical (unpaired) electrons. The Kier molecular flexibility index (Phi) is 5.40. The van der Waals surface area contributed by atoms with E-state index in [-0.39, 0.29) is 10.3 Å². The van der Waals surface area contributed by atoms with Crippen molar-refractivity contribution in [2.45, 2.75) is 50.5 Å². The van der Waals surface area contributed by atoms with Crippen LogP contribution in [0.2, 0.25) is 0 Å². The topological polar surface area (TPSA) is 76.0 Å². The molecule has 0 aromatic carbocycles. The molecular weight excluding hydrogens is 288 g/mol. The molecule has 2 rings (SSSR count). The van der Waals surface area contributed by atoms with Gasteiger partial charge in [-0.3, -0.25) is 4.68 Å². The summed E-state index contributed by atoms with van der Waals surface area (Å²) in [5.74, 6) is 0. The van der Waals surface area contributed by atoms with Gasteiger partial charge in [0.25, 0.3) is 0 Å². The van der Waals surface area contributed by atoms with Gasteiger partial charge in [0.2, 0.25) is 10.0 Å². The number of likely N-dealkylation sites (N-methyl/N-ethyl adjacent to an activating group) is 1. The normalized spacial score (nSPS) is 18.2. The van der Waals surface area contributed by atoms with E-state index in [1.807, 2.05) is 7.05 Å². The van der Waals surface area contributed by atoms with Crippen LogP contribution >= 0.6 is 0 Å². The van der Waals surface area contributed by atoms with Crippen LogP contribution in [0.5, 0.6) is 0 Å². The van der Waals surface area contributed by atoms with Crippen molar-refractivity contribution in [2.75, 3.05) is 20.1 Å². The molecule has 1 heterocycles. The number of nitrogens with one attached hydrogen (secondary N) is 2. The van der Waals surface area contributed by atoms with Crippen molar-refractivity contribution >= 4 is 10.0 Å². The third-order valence-corrected chi connectivity index (χ3v) is 5.92. The fourth-order valence-corrected chi connectivity index (χ4v) is 4.05. The standard InChI is InChI=1S/C14H26N4O2S/c1-3-14(6-4-5-7-14)12-17-21(19,20)13-10-16-18(11-13)9-8-15-2/h10-11,15,17H,3-9,12H2,1-2H3. The summed E-state index contributed by atoms with van der Waals surface area (Å²) in [5.41, 5.74) is 0.148. The molecule has 0 aliphatic heterocycles. The Morgan fingerprint density at radius 2 is 2.10 bits per heavy atom. The predicted octanol–water partition coefficient (Wildman–Crippen LogP) is 1.35. The number of sulfonamides is 1. The molecular formula is C14H26N4O2S. The molecule has 0 unspecified atom stereocenters. The molecule has 120 valence electrons. The van der Waals surface area contributed by atoms with Crippen LogP contribution in [-0.4, -0.2) is 38.3 Å². The van der Waals surface area contributed by atoms with E-state index >= 15 is 0 Å². The van der Waals surface area contributed by atoms with Crippen LogP contribution < -0.4 is 10.0 Å². The lowest BCUT2D eigenvalue weighted by Crippen LogP contribution is -2.35. The fraction of sp³-hybridized carbons (Fsp3) is 0.786. The molecule has 2 N–H and O–H groups in total. The quantitative estimate of drug-likeness (QED) is 0.759. The van der Waals surface area contributed by atoms with Gasteiger partial charge in [0, 0.05) is 19.3 Å². The molecule has 1 aromatic heterocycles. The molecule has 6 nitrogen and oxygen atoms in total. The minimum atomic E-state index is -3.45. The predicted molar refractivity (Wildman–Crippen MR) is 82.5 cm³/mol. The number of rotatable bonds is 8. The zero-order valence-electron chi connectivity index (χ0n) is 12.9. The summed E-state index contributed by atoms with van der Waals surface area (Å²) >= 11 is 0. The Morgan fingerprint density at radius 3 is 2.71 bits per heavy atom. The molecule has 1 aliphatic carbocycles. The number of nitrogens with zero attached hydrogens (tertiary/aromatic N) is 2. The first kappa shape index (κ1) is 16.5. The van der Waals surface area contributed by atoms with Crippen molar-refractivity contribution in [1.82, 2.24) is 19.8 Å². The summed E-state index contributed by atoms with van der Waals surface area (Å²) in [7, 11) is -1.60. The molecule has 1 aromatic rings. The first-order chi connectivity index (χ1) is 10.0. The van der Waals surface area contributed by atoms with Gasteiger partial charge in [-0.1, -0.05) is 19.8 Å². The highest BCUT2D eigenvalue weighted by Gasteiger charge is 2.33. The minimum absolute atomic E-state index is 0.148. The summed E-state index contributed by atoms with van der Waals surface area (Å²) in [4.78, 5) is 0.253. The second-order valence-corrected chi connectivity index (χ2v) is 7.69. The highest BCUT2D eigenvalue weighted by molar-refractivity contribution is 7.89. The largest absolute Gasteiger partial charge is 0.318 e. The number of hydrogen-bond acceptors (Lipinski definition) is 4. The monoisotopic (exact) mass is 314 g/mol. The zero-order chi connectivity index (χ0) is 15.3. The smallest absolute Gasteiger partial charge is 0.243 e. The zero-order valence-corrected chi connectivity index (χ0v) is 13.7.